The number of aromatic nitrogens is 2. The molecular formula is C16H20N4O3S. The Labute approximate surface area is 141 Å². The van der Waals surface area contributed by atoms with Crippen LogP contribution < -0.4 is 10.6 Å². The molecule has 0 radical (unpaired) electrons. The van der Waals surface area contributed by atoms with Crippen LogP contribution in [0.1, 0.15) is 12.8 Å². The van der Waals surface area contributed by atoms with Gasteiger partial charge in [-0.05, 0) is 50.2 Å². The van der Waals surface area contributed by atoms with Gasteiger partial charge < -0.3 is 10.6 Å². The van der Waals surface area contributed by atoms with Crippen LogP contribution in [0.4, 0.5) is 5.69 Å². The normalized spacial score (nSPS) is 17.4. The molecule has 1 aliphatic heterocycles. The lowest BCUT2D eigenvalue weighted by molar-refractivity contribution is -0.119. The van der Waals surface area contributed by atoms with Gasteiger partial charge in [-0.3, -0.25) is 4.79 Å². The number of sulfone groups is 1. The number of carbonyl (C=O) groups is 1. The Kier molecular flexibility index (Phi) is 4.42. The third-order valence-electron chi connectivity index (χ3n) is 4.41. The van der Waals surface area contributed by atoms with Crippen LogP contribution in [-0.2, 0) is 14.6 Å². The highest BCUT2D eigenvalue weighted by Gasteiger charge is 2.48. The van der Waals surface area contributed by atoms with Crippen molar-refractivity contribution in [3.63, 3.8) is 0 Å². The Bertz CT molecular complexity index is 825. The van der Waals surface area contributed by atoms with Gasteiger partial charge in [0.25, 0.3) is 0 Å². The lowest BCUT2D eigenvalue weighted by Crippen LogP contribution is -2.55. The molecule has 1 fully saturated rings. The van der Waals surface area contributed by atoms with Gasteiger partial charge in [-0.25, -0.2) is 13.1 Å². The van der Waals surface area contributed by atoms with E-state index in [-0.39, 0.29) is 12.8 Å². The number of carbonyl (C=O) groups excluding carboxylic acids is 1. The highest BCUT2D eigenvalue weighted by atomic mass is 32.2. The second-order valence-electron chi connectivity index (χ2n) is 5.97. The Hall–Kier alpha value is -2.19. The fourth-order valence-electron chi connectivity index (χ4n) is 2.99. The zero-order valence-corrected chi connectivity index (χ0v) is 14.2. The van der Waals surface area contributed by atoms with Gasteiger partial charge in [0.05, 0.1) is 5.69 Å². The molecule has 1 aromatic carbocycles. The van der Waals surface area contributed by atoms with Crippen molar-refractivity contribution in [2.75, 3.05) is 24.7 Å². The number of nitrogens with one attached hydrogen (secondary N) is 2. The second-order valence-corrected chi connectivity index (χ2v) is 8.30. The summed E-state index contributed by atoms with van der Waals surface area (Å²) >= 11 is 0. The summed E-state index contributed by atoms with van der Waals surface area (Å²) in [6, 6.07) is 8.96. The maximum atomic E-state index is 12.8. The summed E-state index contributed by atoms with van der Waals surface area (Å²) in [7, 11) is -3.53. The summed E-state index contributed by atoms with van der Waals surface area (Å²) in [4.78, 5) is 12.8. The first-order valence-corrected chi connectivity index (χ1v) is 9.63. The number of piperidine rings is 1. The molecule has 8 heteroatoms. The van der Waals surface area contributed by atoms with Gasteiger partial charge in [-0.15, -0.1) is 0 Å². The minimum Gasteiger partial charge on any atom is -0.325 e. The van der Waals surface area contributed by atoms with Crippen molar-refractivity contribution in [1.29, 1.82) is 0 Å². The highest BCUT2D eigenvalue weighted by molar-refractivity contribution is 7.92. The first-order valence-electron chi connectivity index (χ1n) is 7.74. The lowest BCUT2D eigenvalue weighted by atomic mass is 9.95. The van der Waals surface area contributed by atoms with Crippen molar-refractivity contribution in [1.82, 2.24) is 15.1 Å². The van der Waals surface area contributed by atoms with Crippen LogP contribution in [0.3, 0.4) is 0 Å². The molecule has 0 atom stereocenters. The molecule has 0 spiro atoms. The number of amides is 1. The SMILES string of the molecule is CS(=O)(=O)C1(C(=O)Nc2cccc(-n3cccn3)c2)CCNCC1. The number of nitrogens with zero attached hydrogens (tertiary/aromatic N) is 2. The third-order valence-corrected chi connectivity index (χ3v) is 6.42. The van der Waals surface area contributed by atoms with Gasteiger partial charge in [-0.1, -0.05) is 6.07 Å². The van der Waals surface area contributed by atoms with Crippen LogP contribution in [0, 0.1) is 0 Å². The summed E-state index contributed by atoms with van der Waals surface area (Å²) < 4.78 is 24.9. The molecule has 3 rings (SSSR count). The van der Waals surface area contributed by atoms with Gasteiger partial charge >= 0.3 is 0 Å². The Morgan fingerprint density at radius 2 is 2.04 bits per heavy atom. The van der Waals surface area contributed by atoms with E-state index in [4.69, 9.17) is 0 Å². The van der Waals surface area contributed by atoms with E-state index in [0.29, 0.717) is 18.8 Å². The first kappa shape index (κ1) is 16.7. The van der Waals surface area contributed by atoms with E-state index in [0.717, 1.165) is 11.9 Å². The van der Waals surface area contributed by atoms with Gasteiger partial charge in [0.2, 0.25) is 5.91 Å². The van der Waals surface area contributed by atoms with Crippen LogP contribution >= 0.6 is 0 Å². The van der Waals surface area contributed by atoms with Crippen LogP contribution in [0.25, 0.3) is 5.69 Å². The van der Waals surface area contributed by atoms with Crippen LogP contribution in [0.2, 0.25) is 0 Å². The van der Waals surface area contributed by atoms with Crippen LogP contribution in [0.5, 0.6) is 0 Å². The predicted octanol–water partition coefficient (Wildman–Crippen LogP) is 0.978. The monoisotopic (exact) mass is 348 g/mol. The van der Waals surface area contributed by atoms with Gasteiger partial charge in [0.1, 0.15) is 0 Å². The Morgan fingerprint density at radius 1 is 1.29 bits per heavy atom. The maximum absolute atomic E-state index is 12.8. The molecule has 2 N–H and O–H groups in total. The molecule has 1 saturated heterocycles. The van der Waals surface area contributed by atoms with Gasteiger partial charge in [0.15, 0.2) is 14.6 Å². The molecule has 0 saturated carbocycles. The largest absolute Gasteiger partial charge is 0.325 e. The summed E-state index contributed by atoms with van der Waals surface area (Å²) in [5, 5.41) is 10.0. The molecule has 1 amide bonds. The minimum absolute atomic E-state index is 0.274. The molecule has 0 unspecified atom stereocenters. The average molecular weight is 348 g/mol. The number of rotatable bonds is 4. The van der Waals surface area contributed by atoms with Crippen LogP contribution in [-0.4, -0.2) is 48.2 Å². The number of hydrogen-bond donors (Lipinski definition) is 2. The molecule has 2 aromatic rings. The zero-order chi connectivity index (χ0) is 17.2. The van der Waals surface area contributed by atoms with E-state index in [1.165, 1.54) is 0 Å². The van der Waals surface area contributed by atoms with E-state index in [1.54, 1.807) is 41.3 Å². The number of hydrogen-bond acceptors (Lipinski definition) is 5. The highest BCUT2D eigenvalue weighted by Crippen LogP contribution is 2.29. The fraction of sp³-hybridized carbons (Fsp3) is 0.375. The summed E-state index contributed by atoms with van der Waals surface area (Å²) in [6.07, 6.45) is 5.15. The Balaban J connectivity index is 1.87. The smallest absolute Gasteiger partial charge is 0.245 e. The maximum Gasteiger partial charge on any atom is 0.245 e. The molecular weight excluding hydrogens is 328 g/mol. The van der Waals surface area contributed by atoms with E-state index in [2.05, 4.69) is 15.7 Å². The predicted molar refractivity (Wildman–Crippen MR) is 91.9 cm³/mol. The van der Waals surface area contributed by atoms with E-state index >= 15 is 0 Å². The fourth-order valence-corrected chi connectivity index (χ4v) is 4.32. The lowest BCUT2D eigenvalue weighted by Gasteiger charge is -2.34. The minimum atomic E-state index is -3.53. The average Bonchev–Trinajstić information content (AvgIpc) is 3.09. The molecule has 2 heterocycles. The van der Waals surface area contributed by atoms with E-state index in [9.17, 15) is 13.2 Å². The molecule has 128 valence electrons. The van der Waals surface area contributed by atoms with Crippen molar-refractivity contribution in [3.05, 3.63) is 42.7 Å². The van der Waals surface area contributed by atoms with E-state index in [1.807, 2.05) is 6.07 Å². The Morgan fingerprint density at radius 3 is 2.67 bits per heavy atom. The van der Waals surface area contributed by atoms with Crippen molar-refractivity contribution >= 4 is 21.4 Å². The second kappa shape index (κ2) is 6.37. The van der Waals surface area contributed by atoms with Crippen LogP contribution in [0.15, 0.2) is 42.7 Å². The number of benzene rings is 1. The molecule has 0 aliphatic carbocycles. The van der Waals surface area contributed by atoms with Crippen molar-refractivity contribution < 1.29 is 13.2 Å². The summed E-state index contributed by atoms with van der Waals surface area (Å²) in [6.45, 7) is 1.02. The molecule has 0 bridgehead atoms. The summed E-state index contributed by atoms with van der Waals surface area (Å²) in [5.74, 6) is -0.468. The molecule has 24 heavy (non-hydrogen) atoms. The molecule has 7 nitrogen and oxygen atoms in total. The standard InChI is InChI=1S/C16H20N4O3S/c1-24(22,23)16(6-9-17-10-7-16)15(21)19-13-4-2-5-14(12-13)20-11-3-8-18-20/h2-5,8,11-12,17H,6-7,9-10H2,1H3,(H,19,21). The van der Waals surface area contributed by atoms with Crippen molar-refractivity contribution in [2.45, 2.75) is 17.6 Å². The van der Waals surface area contributed by atoms with Gasteiger partial charge in [-0.2, -0.15) is 5.10 Å². The topological polar surface area (TPSA) is 93.1 Å². The zero-order valence-electron chi connectivity index (χ0n) is 13.4. The van der Waals surface area contributed by atoms with Crippen molar-refractivity contribution in [3.8, 4) is 5.69 Å². The first-order chi connectivity index (χ1) is 11.4. The summed E-state index contributed by atoms with van der Waals surface area (Å²) in [5.41, 5.74) is 1.34. The van der Waals surface area contributed by atoms with E-state index < -0.39 is 20.5 Å². The molecule has 1 aliphatic rings. The van der Waals surface area contributed by atoms with Gasteiger partial charge in [0, 0.05) is 24.3 Å². The third kappa shape index (κ3) is 3.07. The quantitative estimate of drug-likeness (QED) is 0.859. The number of anilines is 1. The molecule has 1 aromatic heterocycles. The van der Waals surface area contributed by atoms with Crippen molar-refractivity contribution in [2.24, 2.45) is 0 Å².